The van der Waals surface area contributed by atoms with Crippen molar-refractivity contribution in [1.29, 1.82) is 0 Å². The number of piperazine rings is 1. The molecule has 7 heteroatoms. The van der Waals surface area contributed by atoms with Crippen LogP contribution in [0.15, 0.2) is 24.7 Å². The molecule has 4 aromatic rings. The minimum absolute atomic E-state index is 0.343. The third-order valence-electron chi connectivity index (χ3n) is 7.42. The number of hydrogen-bond acceptors (Lipinski definition) is 5. The van der Waals surface area contributed by atoms with E-state index in [0.717, 1.165) is 46.8 Å². The zero-order chi connectivity index (χ0) is 22.0. The maximum absolute atomic E-state index is 5.23. The lowest BCUT2D eigenvalue weighted by Crippen LogP contribution is -2.59. The van der Waals surface area contributed by atoms with Crippen LogP contribution in [0, 0.1) is 13.8 Å². The van der Waals surface area contributed by atoms with Crippen molar-refractivity contribution in [2.45, 2.75) is 65.0 Å². The molecule has 166 valence electrons. The fourth-order valence-electron chi connectivity index (χ4n) is 5.67. The number of rotatable bonds is 3. The molecular formula is C25H31N7. The Balaban J connectivity index is 1.49. The lowest BCUT2D eigenvalue weighted by molar-refractivity contribution is 0.282. The second kappa shape index (κ2) is 7.30. The Bertz CT molecular complexity index is 1300. The number of piperidine rings is 1. The van der Waals surface area contributed by atoms with Crippen molar-refractivity contribution in [3.05, 3.63) is 41.3 Å². The Kier molecular flexibility index (Phi) is 4.50. The summed E-state index contributed by atoms with van der Waals surface area (Å²) in [6.07, 6.45) is 7.60. The van der Waals surface area contributed by atoms with Crippen molar-refractivity contribution in [3.8, 4) is 11.3 Å². The summed E-state index contributed by atoms with van der Waals surface area (Å²) < 4.78 is 1.88. The van der Waals surface area contributed by atoms with Crippen molar-refractivity contribution in [2.75, 3.05) is 18.0 Å². The summed E-state index contributed by atoms with van der Waals surface area (Å²) >= 11 is 0. The molecule has 0 aromatic carbocycles. The lowest BCUT2D eigenvalue weighted by Gasteiger charge is -2.43. The molecule has 2 aliphatic rings. The van der Waals surface area contributed by atoms with Gasteiger partial charge < -0.3 is 15.2 Å². The van der Waals surface area contributed by atoms with E-state index in [1.54, 1.807) is 6.33 Å². The highest BCUT2D eigenvalue weighted by Crippen LogP contribution is 2.38. The van der Waals surface area contributed by atoms with Gasteiger partial charge in [-0.15, -0.1) is 0 Å². The Labute approximate surface area is 188 Å². The first-order chi connectivity index (χ1) is 15.5. The Morgan fingerprint density at radius 3 is 2.59 bits per heavy atom. The summed E-state index contributed by atoms with van der Waals surface area (Å²) in [4.78, 5) is 15.8. The molecule has 0 radical (unpaired) electrons. The molecule has 32 heavy (non-hydrogen) atoms. The Morgan fingerprint density at radius 1 is 1.06 bits per heavy atom. The monoisotopic (exact) mass is 429 g/mol. The summed E-state index contributed by atoms with van der Waals surface area (Å²) in [7, 11) is 0. The summed E-state index contributed by atoms with van der Waals surface area (Å²) in [5.41, 5.74) is 9.08. The van der Waals surface area contributed by atoms with Crippen molar-refractivity contribution in [3.63, 3.8) is 0 Å². The summed E-state index contributed by atoms with van der Waals surface area (Å²) in [6, 6.07) is 5.57. The molecule has 0 spiro atoms. The molecule has 2 atom stereocenters. The molecule has 6 heterocycles. The summed E-state index contributed by atoms with van der Waals surface area (Å²) in [6.45, 7) is 10.9. The van der Waals surface area contributed by atoms with Gasteiger partial charge in [0.1, 0.15) is 12.1 Å². The van der Waals surface area contributed by atoms with Crippen LogP contribution in [0.25, 0.3) is 27.9 Å². The summed E-state index contributed by atoms with van der Waals surface area (Å²) in [5.74, 6) is 1.44. The Hall–Kier alpha value is -2.93. The molecule has 0 aliphatic carbocycles. The molecule has 2 saturated heterocycles. The number of nitrogens with one attached hydrogen (secondary N) is 2. The third kappa shape index (κ3) is 3.02. The summed E-state index contributed by atoms with van der Waals surface area (Å²) in [5, 5.41) is 8.18. The predicted molar refractivity (Wildman–Crippen MR) is 128 cm³/mol. The van der Waals surface area contributed by atoms with Crippen LogP contribution >= 0.6 is 0 Å². The number of aromatic amines is 1. The number of anilines is 1. The number of pyridine rings is 2. The van der Waals surface area contributed by atoms with Gasteiger partial charge in [-0.2, -0.15) is 5.10 Å². The smallest absolute Gasteiger partial charge is 0.158 e. The maximum Gasteiger partial charge on any atom is 0.158 e. The highest BCUT2D eigenvalue weighted by atomic mass is 15.3. The average Bonchev–Trinajstić information content (AvgIpc) is 3.40. The van der Waals surface area contributed by atoms with E-state index in [9.17, 15) is 0 Å². The van der Waals surface area contributed by atoms with Crippen molar-refractivity contribution < 1.29 is 0 Å². The minimum atomic E-state index is 0.343. The largest absolute Gasteiger partial charge is 0.353 e. The average molecular weight is 430 g/mol. The van der Waals surface area contributed by atoms with E-state index in [1.165, 1.54) is 36.0 Å². The van der Waals surface area contributed by atoms with E-state index >= 15 is 0 Å². The Morgan fingerprint density at radius 2 is 1.84 bits per heavy atom. The van der Waals surface area contributed by atoms with Gasteiger partial charge in [-0.1, -0.05) is 20.3 Å². The van der Waals surface area contributed by atoms with Crippen LogP contribution in [-0.2, 0) is 0 Å². The molecule has 0 unspecified atom stereocenters. The van der Waals surface area contributed by atoms with Gasteiger partial charge in [-0.05, 0) is 55.9 Å². The minimum Gasteiger partial charge on any atom is -0.353 e. The van der Waals surface area contributed by atoms with Crippen LogP contribution in [0.5, 0.6) is 0 Å². The maximum atomic E-state index is 5.23. The molecule has 2 bridgehead atoms. The van der Waals surface area contributed by atoms with Gasteiger partial charge in [-0.25, -0.2) is 14.5 Å². The quantitative estimate of drug-likeness (QED) is 0.507. The SMILES string of the molecule is Cc1c(-c2[nH]c3ccc(N4C[C@H]5CCC[C@H](C4)N5)nc3c2C(C)C)cn2ncnc2c1C. The second-order valence-corrected chi connectivity index (χ2v) is 9.85. The number of hydrogen-bond donors (Lipinski definition) is 2. The first kappa shape index (κ1) is 19.7. The second-order valence-electron chi connectivity index (χ2n) is 9.85. The number of fused-ring (bicyclic) bond motifs is 4. The topological polar surface area (TPSA) is 74.1 Å². The van der Waals surface area contributed by atoms with E-state index in [2.05, 4.69) is 71.3 Å². The van der Waals surface area contributed by atoms with Gasteiger partial charge in [0.25, 0.3) is 0 Å². The van der Waals surface area contributed by atoms with E-state index in [-0.39, 0.29) is 0 Å². The van der Waals surface area contributed by atoms with Gasteiger partial charge >= 0.3 is 0 Å². The molecule has 0 saturated carbocycles. The van der Waals surface area contributed by atoms with Crippen molar-refractivity contribution in [2.24, 2.45) is 0 Å². The van der Waals surface area contributed by atoms with Crippen molar-refractivity contribution >= 4 is 22.5 Å². The van der Waals surface area contributed by atoms with E-state index in [0.29, 0.717) is 18.0 Å². The fourth-order valence-corrected chi connectivity index (χ4v) is 5.67. The van der Waals surface area contributed by atoms with E-state index in [1.807, 2.05) is 4.52 Å². The van der Waals surface area contributed by atoms with Gasteiger partial charge in [0, 0.05) is 42.5 Å². The number of H-pyrrole nitrogens is 1. The van der Waals surface area contributed by atoms with E-state index < -0.39 is 0 Å². The highest BCUT2D eigenvalue weighted by Gasteiger charge is 2.31. The number of aromatic nitrogens is 5. The highest BCUT2D eigenvalue weighted by molar-refractivity contribution is 5.90. The predicted octanol–water partition coefficient (Wildman–Crippen LogP) is 4.34. The molecule has 4 aromatic heterocycles. The molecule has 6 rings (SSSR count). The first-order valence-corrected chi connectivity index (χ1v) is 11.8. The van der Waals surface area contributed by atoms with Crippen LogP contribution in [-0.4, -0.2) is 49.7 Å². The molecule has 7 nitrogen and oxygen atoms in total. The molecule has 2 N–H and O–H groups in total. The number of aryl methyl sites for hydroxylation is 1. The van der Waals surface area contributed by atoms with Crippen LogP contribution in [0.1, 0.15) is 55.7 Å². The third-order valence-corrected chi connectivity index (χ3v) is 7.42. The van der Waals surface area contributed by atoms with Crippen LogP contribution in [0.4, 0.5) is 5.82 Å². The van der Waals surface area contributed by atoms with Gasteiger partial charge in [0.15, 0.2) is 5.65 Å². The van der Waals surface area contributed by atoms with Gasteiger partial charge in [0.05, 0.1) is 16.7 Å². The zero-order valence-corrected chi connectivity index (χ0v) is 19.3. The van der Waals surface area contributed by atoms with Crippen LogP contribution in [0.2, 0.25) is 0 Å². The first-order valence-electron chi connectivity index (χ1n) is 11.8. The standard InChI is InChI=1S/C25H31N7/c1-14(2)22-23(19-12-32-25(26-13-27-32)16(4)15(19)3)29-20-8-9-21(30-24(20)22)31-10-17-6-5-7-18(11-31)28-17/h8-9,12-14,17-18,28-29H,5-7,10-11H2,1-4H3/t17-,18-/m1/s1. The van der Waals surface area contributed by atoms with E-state index in [4.69, 9.17) is 4.98 Å². The molecule has 0 amide bonds. The number of nitrogens with zero attached hydrogens (tertiary/aromatic N) is 5. The molecule has 2 fully saturated rings. The van der Waals surface area contributed by atoms with Crippen LogP contribution in [0.3, 0.4) is 0 Å². The van der Waals surface area contributed by atoms with Gasteiger partial charge in [-0.3, -0.25) is 0 Å². The zero-order valence-electron chi connectivity index (χ0n) is 19.3. The molecular weight excluding hydrogens is 398 g/mol. The molecule has 2 aliphatic heterocycles. The lowest BCUT2D eigenvalue weighted by atomic mass is 9.94. The van der Waals surface area contributed by atoms with Crippen molar-refractivity contribution in [1.82, 2.24) is 29.9 Å². The van der Waals surface area contributed by atoms with Gasteiger partial charge in [0.2, 0.25) is 0 Å². The fraction of sp³-hybridized carbons (Fsp3) is 0.480. The normalized spacial score (nSPS) is 21.2. The van der Waals surface area contributed by atoms with Crippen LogP contribution < -0.4 is 10.2 Å².